The fourth-order valence-electron chi connectivity index (χ4n) is 2.48. The van der Waals surface area contributed by atoms with Crippen molar-refractivity contribution in [3.8, 4) is 0 Å². The quantitative estimate of drug-likeness (QED) is 0.701. The molecule has 1 heteroatoms. The van der Waals surface area contributed by atoms with Gasteiger partial charge in [0.1, 0.15) is 5.60 Å². The predicted octanol–water partition coefficient (Wildman–Crippen LogP) is 4.60. The molecular formula is C17H22O. The van der Waals surface area contributed by atoms with Gasteiger partial charge in [0.15, 0.2) is 0 Å². The maximum absolute atomic E-state index is 5.98. The van der Waals surface area contributed by atoms with E-state index in [0.29, 0.717) is 0 Å². The number of benzene rings is 1. The van der Waals surface area contributed by atoms with Crippen LogP contribution in [0.3, 0.4) is 0 Å². The van der Waals surface area contributed by atoms with Crippen LogP contribution in [0.5, 0.6) is 0 Å². The summed E-state index contributed by atoms with van der Waals surface area (Å²) >= 11 is 0. The molecular weight excluding hydrogens is 220 g/mol. The van der Waals surface area contributed by atoms with E-state index in [1.165, 1.54) is 16.7 Å². The summed E-state index contributed by atoms with van der Waals surface area (Å²) in [6.07, 6.45) is 6.72. The van der Waals surface area contributed by atoms with E-state index in [1.54, 1.807) is 0 Å². The van der Waals surface area contributed by atoms with Crippen LogP contribution >= 0.6 is 0 Å². The maximum Gasteiger partial charge on any atom is 0.112 e. The van der Waals surface area contributed by atoms with Gasteiger partial charge in [-0.05, 0) is 44.7 Å². The van der Waals surface area contributed by atoms with Crippen LogP contribution in [0.15, 0.2) is 53.6 Å². The summed E-state index contributed by atoms with van der Waals surface area (Å²) in [5.74, 6) is 0. The van der Waals surface area contributed by atoms with Gasteiger partial charge in [-0.2, -0.15) is 0 Å². The van der Waals surface area contributed by atoms with Crippen LogP contribution in [-0.2, 0) is 10.3 Å². The van der Waals surface area contributed by atoms with Crippen LogP contribution in [0.25, 0.3) is 0 Å². The molecule has 0 spiro atoms. The molecule has 96 valence electrons. The zero-order valence-electron chi connectivity index (χ0n) is 11.6. The Kier molecular flexibility index (Phi) is 4.03. The van der Waals surface area contributed by atoms with Gasteiger partial charge in [-0.25, -0.2) is 0 Å². The van der Waals surface area contributed by atoms with E-state index < -0.39 is 0 Å². The van der Waals surface area contributed by atoms with Crippen LogP contribution in [0.1, 0.15) is 39.2 Å². The molecule has 1 aliphatic heterocycles. The first-order chi connectivity index (χ1) is 8.63. The normalized spacial score (nSPS) is 22.7. The van der Waals surface area contributed by atoms with Crippen LogP contribution < -0.4 is 0 Å². The lowest BCUT2D eigenvalue weighted by Gasteiger charge is -2.28. The average molecular weight is 242 g/mol. The highest BCUT2D eigenvalue weighted by Gasteiger charge is 2.34. The fraction of sp³-hybridized carbons (Fsp3) is 0.412. The molecule has 1 aromatic carbocycles. The van der Waals surface area contributed by atoms with Crippen molar-refractivity contribution in [3.63, 3.8) is 0 Å². The molecule has 1 heterocycles. The van der Waals surface area contributed by atoms with Gasteiger partial charge in [0.25, 0.3) is 0 Å². The molecule has 0 fully saturated rings. The second kappa shape index (κ2) is 5.53. The van der Waals surface area contributed by atoms with Crippen molar-refractivity contribution < 1.29 is 4.74 Å². The maximum atomic E-state index is 5.98. The third kappa shape index (κ3) is 2.73. The Balaban J connectivity index is 2.13. The van der Waals surface area contributed by atoms with Crippen molar-refractivity contribution in [2.75, 3.05) is 6.61 Å². The standard InChI is InChI=1S/C17H22O/c1-14(2)8-7-11-16-12-13-18-17(16,3)15-9-5-4-6-10-15/h4-6,8-10,12H,7,11,13H2,1-3H3. The summed E-state index contributed by atoms with van der Waals surface area (Å²) in [5, 5.41) is 0. The van der Waals surface area contributed by atoms with Gasteiger partial charge in [0, 0.05) is 0 Å². The molecule has 2 rings (SSSR count). The fourth-order valence-corrected chi connectivity index (χ4v) is 2.48. The summed E-state index contributed by atoms with van der Waals surface area (Å²) in [5.41, 5.74) is 3.82. The summed E-state index contributed by atoms with van der Waals surface area (Å²) < 4.78 is 5.98. The number of hydrogen-bond donors (Lipinski definition) is 0. The van der Waals surface area contributed by atoms with Crippen molar-refractivity contribution in [2.45, 2.75) is 39.2 Å². The van der Waals surface area contributed by atoms with Crippen molar-refractivity contribution in [1.82, 2.24) is 0 Å². The lowest BCUT2D eigenvalue weighted by atomic mass is 9.86. The topological polar surface area (TPSA) is 9.23 Å². The summed E-state index contributed by atoms with van der Waals surface area (Å²) in [7, 11) is 0. The molecule has 1 aromatic rings. The highest BCUT2D eigenvalue weighted by molar-refractivity contribution is 5.34. The highest BCUT2D eigenvalue weighted by atomic mass is 16.5. The van der Waals surface area contributed by atoms with Crippen LogP contribution in [0.2, 0.25) is 0 Å². The van der Waals surface area contributed by atoms with Crippen LogP contribution in [0, 0.1) is 0 Å². The molecule has 0 saturated carbocycles. The molecule has 1 nitrogen and oxygen atoms in total. The second-order valence-corrected chi connectivity index (χ2v) is 5.26. The Bertz CT molecular complexity index is 452. The Morgan fingerprint density at radius 1 is 1.28 bits per heavy atom. The lowest BCUT2D eigenvalue weighted by Crippen LogP contribution is -2.24. The first kappa shape index (κ1) is 13.1. The van der Waals surface area contributed by atoms with Gasteiger partial charge in [-0.1, -0.05) is 48.1 Å². The second-order valence-electron chi connectivity index (χ2n) is 5.26. The summed E-state index contributed by atoms with van der Waals surface area (Å²) in [6, 6.07) is 10.5. The van der Waals surface area contributed by atoms with E-state index in [-0.39, 0.29) is 5.60 Å². The molecule has 18 heavy (non-hydrogen) atoms. The first-order valence-corrected chi connectivity index (χ1v) is 6.65. The van der Waals surface area contributed by atoms with Gasteiger partial charge in [-0.3, -0.25) is 0 Å². The molecule has 0 aromatic heterocycles. The minimum Gasteiger partial charge on any atom is -0.362 e. The third-order valence-corrected chi connectivity index (χ3v) is 3.61. The largest absolute Gasteiger partial charge is 0.362 e. The van der Waals surface area contributed by atoms with Crippen LogP contribution in [-0.4, -0.2) is 6.61 Å². The minimum atomic E-state index is -0.225. The number of ether oxygens (including phenoxy) is 1. The Labute approximate surface area is 110 Å². The Morgan fingerprint density at radius 3 is 2.67 bits per heavy atom. The molecule has 0 aliphatic carbocycles. The average Bonchev–Trinajstić information content (AvgIpc) is 2.73. The third-order valence-electron chi connectivity index (χ3n) is 3.61. The molecule has 0 saturated heterocycles. The monoisotopic (exact) mass is 242 g/mol. The highest BCUT2D eigenvalue weighted by Crippen LogP contribution is 2.39. The van der Waals surface area contributed by atoms with E-state index in [1.807, 2.05) is 6.07 Å². The van der Waals surface area contributed by atoms with Crippen molar-refractivity contribution in [2.24, 2.45) is 0 Å². The Hall–Kier alpha value is -1.34. The van der Waals surface area contributed by atoms with E-state index in [0.717, 1.165) is 19.4 Å². The van der Waals surface area contributed by atoms with Gasteiger partial charge in [-0.15, -0.1) is 0 Å². The number of allylic oxidation sites excluding steroid dienone is 2. The zero-order chi connectivity index (χ0) is 13.0. The number of rotatable bonds is 4. The van der Waals surface area contributed by atoms with E-state index in [4.69, 9.17) is 4.74 Å². The lowest BCUT2D eigenvalue weighted by molar-refractivity contribution is 0.0291. The van der Waals surface area contributed by atoms with Gasteiger partial charge < -0.3 is 4.74 Å². The summed E-state index contributed by atoms with van der Waals surface area (Å²) in [6.45, 7) is 7.21. The van der Waals surface area contributed by atoms with Crippen molar-refractivity contribution in [1.29, 1.82) is 0 Å². The van der Waals surface area contributed by atoms with Gasteiger partial charge in [0.2, 0.25) is 0 Å². The zero-order valence-corrected chi connectivity index (χ0v) is 11.6. The minimum absolute atomic E-state index is 0.225. The SMILES string of the molecule is CC(C)=CCCC1=CCOC1(C)c1ccccc1. The van der Waals surface area contributed by atoms with E-state index >= 15 is 0 Å². The smallest absolute Gasteiger partial charge is 0.112 e. The summed E-state index contributed by atoms with van der Waals surface area (Å²) in [4.78, 5) is 0. The Morgan fingerprint density at radius 2 is 2.00 bits per heavy atom. The molecule has 0 amide bonds. The predicted molar refractivity (Wildman–Crippen MR) is 76.5 cm³/mol. The van der Waals surface area contributed by atoms with E-state index in [2.05, 4.69) is 57.2 Å². The first-order valence-electron chi connectivity index (χ1n) is 6.65. The van der Waals surface area contributed by atoms with E-state index in [9.17, 15) is 0 Å². The molecule has 0 N–H and O–H groups in total. The van der Waals surface area contributed by atoms with Crippen LogP contribution in [0.4, 0.5) is 0 Å². The van der Waals surface area contributed by atoms with Crippen molar-refractivity contribution in [3.05, 3.63) is 59.2 Å². The molecule has 1 unspecified atom stereocenters. The number of hydrogen-bond acceptors (Lipinski definition) is 1. The molecule has 1 aliphatic rings. The molecule has 0 radical (unpaired) electrons. The molecule has 0 bridgehead atoms. The van der Waals surface area contributed by atoms with Gasteiger partial charge in [0.05, 0.1) is 6.61 Å². The van der Waals surface area contributed by atoms with Gasteiger partial charge >= 0.3 is 0 Å². The van der Waals surface area contributed by atoms with Crippen molar-refractivity contribution >= 4 is 0 Å². The molecule has 1 atom stereocenters.